The molecule has 0 aromatic rings. The third-order valence-electron chi connectivity index (χ3n) is 2.09. The largest absolute Gasteiger partial charge is 0.353 e. The minimum atomic E-state index is 0.431. The highest BCUT2D eigenvalue weighted by Crippen LogP contribution is 2.14. The van der Waals surface area contributed by atoms with Crippen LogP contribution in [0.2, 0.25) is 0 Å². The Labute approximate surface area is 74.5 Å². The second-order valence-electron chi connectivity index (χ2n) is 2.90. The average molecular weight is 164 g/mol. The van der Waals surface area contributed by atoms with Crippen LogP contribution < -0.4 is 0 Å². The summed E-state index contributed by atoms with van der Waals surface area (Å²) in [6.07, 6.45) is 8.45. The second-order valence-corrected chi connectivity index (χ2v) is 2.90. The van der Waals surface area contributed by atoms with Gasteiger partial charge in [-0.25, -0.2) is 0 Å². The highest BCUT2D eigenvalue weighted by Gasteiger charge is 2.18. The van der Waals surface area contributed by atoms with E-state index in [-0.39, 0.29) is 0 Å². The first-order chi connectivity index (χ1) is 5.79. The van der Waals surface area contributed by atoms with Gasteiger partial charge in [0.15, 0.2) is 0 Å². The molecule has 0 radical (unpaired) electrons. The number of rotatable bonds is 4. The van der Waals surface area contributed by atoms with E-state index in [4.69, 9.17) is 0 Å². The van der Waals surface area contributed by atoms with E-state index in [0.29, 0.717) is 6.17 Å². The molecule has 1 aliphatic rings. The van der Waals surface area contributed by atoms with E-state index in [9.17, 15) is 0 Å². The van der Waals surface area contributed by atoms with Crippen molar-refractivity contribution in [2.75, 3.05) is 13.1 Å². The van der Waals surface area contributed by atoms with Crippen LogP contribution in [0.25, 0.3) is 0 Å². The second kappa shape index (κ2) is 4.00. The van der Waals surface area contributed by atoms with E-state index in [0.717, 1.165) is 13.1 Å². The molecule has 0 aliphatic carbocycles. The van der Waals surface area contributed by atoms with Crippen molar-refractivity contribution in [2.45, 2.75) is 13.1 Å². The van der Waals surface area contributed by atoms with Gasteiger partial charge < -0.3 is 9.80 Å². The molecule has 0 atom stereocenters. The molecule has 0 saturated heterocycles. The topological polar surface area (TPSA) is 6.48 Å². The zero-order valence-electron chi connectivity index (χ0n) is 7.61. The molecule has 0 N–H and O–H groups in total. The molecule has 0 unspecified atom stereocenters. The van der Waals surface area contributed by atoms with E-state index in [2.05, 4.69) is 42.3 Å². The van der Waals surface area contributed by atoms with Gasteiger partial charge in [0.05, 0.1) is 6.17 Å². The number of hydrogen-bond acceptors (Lipinski definition) is 2. The van der Waals surface area contributed by atoms with Crippen molar-refractivity contribution in [1.82, 2.24) is 9.80 Å². The molecule has 0 bridgehead atoms. The van der Waals surface area contributed by atoms with Crippen LogP contribution in [-0.4, -0.2) is 29.1 Å². The molecule has 1 aliphatic heterocycles. The molecule has 0 saturated carbocycles. The quantitative estimate of drug-likeness (QED) is 0.584. The van der Waals surface area contributed by atoms with Crippen molar-refractivity contribution in [2.24, 2.45) is 0 Å². The third kappa shape index (κ3) is 1.70. The van der Waals surface area contributed by atoms with Crippen molar-refractivity contribution in [3.63, 3.8) is 0 Å². The Bertz CT molecular complexity index is 176. The molecule has 12 heavy (non-hydrogen) atoms. The maximum Gasteiger partial charge on any atom is 0.0984 e. The highest BCUT2D eigenvalue weighted by molar-refractivity contribution is 4.99. The summed E-state index contributed by atoms with van der Waals surface area (Å²) in [5, 5.41) is 0. The minimum absolute atomic E-state index is 0.431. The van der Waals surface area contributed by atoms with Crippen LogP contribution in [0.15, 0.2) is 37.7 Å². The Morgan fingerprint density at radius 3 is 1.92 bits per heavy atom. The third-order valence-corrected chi connectivity index (χ3v) is 2.09. The summed E-state index contributed by atoms with van der Waals surface area (Å²) in [4.78, 5) is 4.47. The maximum absolute atomic E-state index is 3.72. The normalized spacial score (nSPS) is 17.1. The van der Waals surface area contributed by atoms with Gasteiger partial charge in [0.1, 0.15) is 0 Å². The summed E-state index contributed by atoms with van der Waals surface area (Å²) in [7, 11) is 0. The van der Waals surface area contributed by atoms with Gasteiger partial charge >= 0.3 is 0 Å². The lowest BCUT2D eigenvalue weighted by molar-refractivity contribution is 0.195. The minimum Gasteiger partial charge on any atom is -0.353 e. The SMILES string of the molecule is C=CCN1C=CN(CC=C)C1C. The molecular formula is C10H16N2. The van der Waals surface area contributed by atoms with E-state index in [1.54, 1.807) is 0 Å². The summed E-state index contributed by atoms with van der Waals surface area (Å²) in [5.74, 6) is 0. The summed E-state index contributed by atoms with van der Waals surface area (Å²) in [6, 6.07) is 0. The van der Waals surface area contributed by atoms with Gasteiger partial charge in [-0.05, 0) is 6.92 Å². The lowest BCUT2D eigenvalue weighted by atomic mass is 10.4. The van der Waals surface area contributed by atoms with Gasteiger partial charge in [0, 0.05) is 25.5 Å². The first-order valence-corrected chi connectivity index (χ1v) is 4.21. The van der Waals surface area contributed by atoms with Gasteiger partial charge in [0.2, 0.25) is 0 Å². The molecule has 2 nitrogen and oxygen atoms in total. The Morgan fingerprint density at radius 1 is 1.17 bits per heavy atom. The Morgan fingerprint density at radius 2 is 1.58 bits per heavy atom. The smallest absolute Gasteiger partial charge is 0.0984 e. The van der Waals surface area contributed by atoms with Crippen LogP contribution >= 0.6 is 0 Å². The predicted molar refractivity (Wildman–Crippen MR) is 52.4 cm³/mol. The molecule has 1 rings (SSSR count). The number of nitrogens with zero attached hydrogens (tertiary/aromatic N) is 2. The molecular weight excluding hydrogens is 148 g/mol. The first-order valence-electron chi connectivity index (χ1n) is 4.21. The van der Waals surface area contributed by atoms with Gasteiger partial charge in [-0.2, -0.15) is 0 Å². The van der Waals surface area contributed by atoms with Crippen LogP contribution in [0.3, 0.4) is 0 Å². The lowest BCUT2D eigenvalue weighted by Crippen LogP contribution is -2.35. The molecule has 0 spiro atoms. The van der Waals surface area contributed by atoms with Crippen molar-refractivity contribution in [1.29, 1.82) is 0 Å². The van der Waals surface area contributed by atoms with E-state index in [1.165, 1.54) is 0 Å². The fraction of sp³-hybridized carbons (Fsp3) is 0.400. The summed E-state index contributed by atoms with van der Waals surface area (Å²) >= 11 is 0. The van der Waals surface area contributed by atoms with E-state index >= 15 is 0 Å². The standard InChI is InChI=1S/C10H16N2/c1-4-6-11-8-9-12(7-5-2)10(11)3/h4-5,8-10H,1-2,6-7H2,3H3. The van der Waals surface area contributed by atoms with Crippen molar-refractivity contribution < 1.29 is 0 Å². The molecule has 0 aromatic carbocycles. The molecule has 1 heterocycles. The molecule has 2 heteroatoms. The highest BCUT2D eigenvalue weighted by atomic mass is 15.4. The fourth-order valence-corrected chi connectivity index (χ4v) is 1.34. The van der Waals surface area contributed by atoms with Crippen molar-refractivity contribution in [3.05, 3.63) is 37.7 Å². The van der Waals surface area contributed by atoms with Crippen LogP contribution in [-0.2, 0) is 0 Å². The van der Waals surface area contributed by atoms with E-state index in [1.807, 2.05) is 12.2 Å². The Kier molecular flexibility index (Phi) is 2.97. The van der Waals surface area contributed by atoms with Crippen LogP contribution in [0.5, 0.6) is 0 Å². The summed E-state index contributed by atoms with van der Waals surface area (Å²) < 4.78 is 0. The Balaban J connectivity index is 2.48. The molecule has 0 aromatic heterocycles. The Hall–Kier alpha value is -1.18. The zero-order valence-corrected chi connectivity index (χ0v) is 7.61. The zero-order chi connectivity index (χ0) is 8.97. The monoisotopic (exact) mass is 164 g/mol. The van der Waals surface area contributed by atoms with Crippen LogP contribution in [0.4, 0.5) is 0 Å². The summed E-state index contributed by atoms with van der Waals surface area (Å²) in [6.45, 7) is 11.4. The van der Waals surface area contributed by atoms with Crippen LogP contribution in [0, 0.1) is 0 Å². The fourth-order valence-electron chi connectivity index (χ4n) is 1.34. The van der Waals surface area contributed by atoms with Crippen molar-refractivity contribution in [3.8, 4) is 0 Å². The average Bonchev–Trinajstić information content (AvgIpc) is 2.38. The van der Waals surface area contributed by atoms with Gasteiger partial charge in [-0.1, -0.05) is 12.2 Å². The molecule has 0 fully saturated rings. The van der Waals surface area contributed by atoms with Crippen molar-refractivity contribution >= 4 is 0 Å². The van der Waals surface area contributed by atoms with Gasteiger partial charge in [-0.15, -0.1) is 13.2 Å². The first kappa shape index (κ1) is 8.91. The van der Waals surface area contributed by atoms with Gasteiger partial charge in [0.25, 0.3) is 0 Å². The van der Waals surface area contributed by atoms with E-state index < -0.39 is 0 Å². The molecule has 66 valence electrons. The van der Waals surface area contributed by atoms with Crippen LogP contribution in [0.1, 0.15) is 6.92 Å². The predicted octanol–water partition coefficient (Wildman–Crippen LogP) is 1.79. The lowest BCUT2D eigenvalue weighted by Gasteiger charge is -2.27. The molecule has 0 amide bonds. The van der Waals surface area contributed by atoms with Gasteiger partial charge in [-0.3, -0.25) is 0 Å². The maximum atomic E-state index is 3.72. The summed E-state index contributed by atoms with van der Waals surface area (Å²) in [5.41, 5.74) is 0. The number of hydrogen-bond donors (Lipinski definition) is 0.